The highest BCUT2D eigenvalue weighted by atomic mass is 16.4. The number of aromatic carboxylic acids is 1. The Hall–Kier alpha value is -4.33. The van der Waals surface area contributed by atoms with Gasteiger partial charge in [-0.3, -0.25) is 9.78 Å². The van der Waals surface area contributed by atoms with Crippen LogP contribution in [0, 0.1) is 0 Å². The summed E-state index contributed by atoms with van der Waals surface area (Å²) in [4.78, 5) is 27.7. The van der Waals surface area contributed by atoms with E-state index in [-0.39, 0.29) is 11.5 Å². The van der Waals surface area contributed by atoms with E-state index in [1.165, 1.54) is 23.1 Å². The topological polar surface area (TPSA) is 110 Å². The number of nitrogens with zero attached hydrogens (tertiary/aromatic N) is 4. The van der Waals surface area contributed by atoms with Crippen LogP contribution in [0.1, 0.15) is 22.3 Å². The monoisotopic (exact) mass is 413 g/mol. The van der Waals surface area contributed by atoms with Gasteiger partial charge >= 0.3 is 5.97 Å². The predicted molar refractivity (Wildman–Crippen MR) is 115 cm³/mol. The number of nitrogens with one attached hydrogen (secondary N) is 1. The number of hydrogen-bond donors (Lipinski definition) is 2. The highest BCUT2D eigenvalue weighted by Crippen LogP contribution is 2.22. The molecule has 2 aromatic heterocycles. The van der Waals surface area contributed by atoms with Gasteiger partial charge in [-0.2, -0.15) is 0 Å². The second kappa shape index (κ2) is 9.00. The van der Waals surface area contributed by atoms with Crippen molar-refractivity contribution in [2.24, 2.45) is 0 Å². The minimum atomic E-state index is -1.06. The summed E-state index contributed by atoms with van der Waals surface area (Å²) < 4.78 is 1.52. The fourth-order valence-electron chi connectivity index (χ4n) is 3.15. The Labute approximate surface area is 178 Å². The lowest BCUT2D eigenvalue weighted by Crippen LogP contribution is -2.12. The number of carboxylic acids is 1. The van der Waals surface area contributed by atoms with E-state index in [4.69, 9.17) is 0 Å². The Kier molecular flexibility index (Phi) is 5.79. The molecule has 0 atom stereocenters. The molecule has 4 rings (SSSR count). The second-order valence-corrected chi connectivity index (χ2v) is 6.86. The van der Waals surface area contributed by atoms with E-state index in [2.05, 4.69) is 20.6 Å². The number of carbonyl (C=O) groups is 2. The largest absolute Gasteiger partial charge is 0.478 e. The molecule has 1 amide bonds. The van der Waals surface area contributed by atoms with Crippen molar-refractivity contribution in [1.29, 1.82) is 0 Å². The Morgan fingerprint density at radius 2 is 1.87 bits per heavy atom. The normalized spacial score (nSPS) is 10.6. The molecule has 31 heavy (non-hydrogen) atoms. The third-order valence-corrected chi connectivity index (χ3v) is 4.70. The number of benzene rings is 2. The molecule has 4 aromatic rings. The van der Waals surface area contributed by atoms with Crippen molar-refractivity contribution >= 4 is 17.6 Å². The zero-order valence-corrected chi connectivity index (χ0v) is 16.5. The molecule has 2 heterocycles. The van der Waals surface area contributed by atoms with Crippen LogP contribution in [0.2, 0.25) is 0 Å². The van der Waals surface area contributed by atoms with Crippen LogP contribution < -0.4 is 5.32 Å². The van der Waals surface area contributed by atoms with E-state index in [0.717, 1.165) is 5.56 Å². The fraction of sp³-hybridized carbons (Fsp3) is 0.0870. The minimum absolute atomic E-state index is 0.0817. The number of aromatic nitrogens is 4. The molecule has 154 valence electrons. The van der Waals surface area contributed by atoms with E-state index in [1.54, 1.807) is 24.4 Å². The van der Waals surface area contributed by atoms with Gasteiger partial charge in [0.05, 0.1) is 17.4 Å². The van der Waals surface area contributed by atoms with Crippen molar-refractivity contribution in [2.75, 3.05) is 5.32 Å². The van der Waals surface area contributed by atoms with Crippen LogP contribution >= 0.6 is 0 Å². The fourth-order valence-corrected chi connectivity index (χ4v) is 3.15. The second-order valence-electron chi connectivity index (χ2n) is 6.86. The molecule has 2 N–H and O–H groups in total. The van der Waals surface area contributed by atoms with Gasteiger partial charge < -0.3 is 10.4 Å². The van der Waals surface area contributed by atoms with E-state index in [0.29, 0.717) is 35.5 Å². The molecule has 0 spiro atoms. The van der Waals surface area contributed by atoms with Crippen molar-refractivity contribution in [2.45, 2.75) is 12.8 Å². The van der Waals surface area contributed by atoms with Gasteiger partial charge in [0.2, 0.25) is 5.91 Å². The third kappa shape index (κ3) is 4.81. The molecule has 2 aromatic carbocycles. The molecular weight excluding hydrogens is 394 g/mol. The number of hydrogen-bond acceptors (Lipinski definition) is 5. The van der Waals surface area contributed by atoms with Gasteiger partial charge in [0.15, 0.2) is 0 Å². The molecule has 0 aliphatic carbocycles. The zero-order chi connectivity index (χ0) is 21.6. The van der Waals surface area contributed by atoms with Crippen LogP contribution in [0.25, 0.3) is 16.9 Å². The first-order chi connectivity index (χ1) is 15.1. The van der Waals surface area contributed by atoms with Gasteiger partial charge in [0, 0.05) is 30.1 Å². The highest BCUT2D eigenvalue weighted by Gasteiger charge is 2.15. The maximum absolute atomic E-state index is 12.3. The first-order valence-electron chi connectivity index (χ1n) is 9.64. The molecule has 0 saturated carbocycles. The molecule has 0 saturated heterocycles. The van der Waals surface area contributed by atoms with Crippen molar-refractivity contribution in [3.05, 3.63) is 90.4 Å². The number of amides is 1. The van der Waals surface area contributed by atoms with Gasteiger partial charge in [-0.1, -0.05) is 41.6 Å². The summed E-state index contributed by atoms with van der Waals surface area (Å²) in [5.74, 6) is -1.14. The zero-order valence-electron chi connectivity index (χ0n) is 16.5. The lowest BCUT2D eigenvalue weighted by molar-refractivity contribution is -0.116. The SMILES string of the molecule is O=C(CCc1ccccc1)Nc1cccc(-n2cc(-c3cnccc3C(=O)O)nn2)c1. The molecule has 8 heteroatoms. The van der Waals surface area contributed by atoms with E-state index < -0.39 is 5.97 Å². The number of anilines is 1. The van der Waals surface area contributed by atoms with E-state index in [9.17, 15) is 14.7 Å². The summed E-state index contributed by atoms with van der Waals surface area (Å²) in [5.41, 5.74) is 3.30. The molecule has 0 aliphatic rings. The number of aryl methyl sites for hydroxylation is 1. The molecule has 0 fully saturated rings. The first kappa shape index (κ1) is 20.0. The van der Waals surface area contributed by atoms with Crippen molar-refractivity contribution < 1.29 is 14.7 Å². The Morgan fingerprint density at radius 3 is 2.68 bits per heavy atom. The predicted octanol–water partition coefficient (Wildman–Crippen LogP) is 3.60. The van der Waals surface area contributed by atoms with Gasteiger partial charge in [-0.25, -0.2) is 9.48 Å². The first-order valence-corrected chi connectivity index (χ1v) is 9.64. The van der Waals surface area contributed by atoms with Gasteiger partial charge in [0.1, 0.15) is 5.69 Å². The van der Waals surface area contributed by atoms with E-state index in [1.807, 2.05) is 36.4 Å². The summed E-state index contributed by atoms with van der Waals surface area (Å²) in [7, 11) is 0. The third-order valence-electron chi connectivity index (χ3n) is 4.70. The molecular formula is C23H19N5O3. The van der Waals surface area contributed by atoms with Crippen molar-refractivity contribution in [3.8, 4) is 16.9 Å². The molecule has 0 aliphatic heterocycles. The molecule has 8 nitrogen and oxygen atoms in total. The average molecular weight is 413 g/mol. The van der Waals surface area contributed by atoms with Crippen LogP contribution in [0.4, 0.5) is 5.69 Å². The summed E-state index contributed by atoms with van der Waals surface area (Å²) in [6.45, 7) is 0. The lowest BCUT2D eigenvalue weighted by Gasteiger charge is -2.07. The Morgan fingerprint density at radius 1 is 1.03 bits per heavy atom. The minimum Gasteiger partial charge on any atom is -0.478 e. The smallest absolute Gasteiger partial charge is 0.336 e. The Bertz CT molecular complexity index is 1220. The van der Waals surface area contributed by atoms with Gasteiger partial charge in [-0.05, 0) is 36.2 Å². The van der Waals surface area contributed by atoms with Crippen LogP contribution in [0.3, 0.4) is 0 Å². The number of rotatable bonds is 7. The molecule has 0 unspecified atom stereocenters. The van der Waals surface area contributed by atoms with Crippen LogP contribution in [0.15, 0.2) is 79.3 Å². The van der Waals surface area contributed by atoms with Gasteiger partial charge in [0.25, 0.3) is 0 Å². The van der Waals surface area contributed by atoms with Crippen molar-refractivity contribution in [1.82, 2.24) is 20.0 Å². The van der Waals surface area contributed by atoms with Crippen molar-refractivity contribution in [3.63, 3.8) is 0 Å². The summed E-state index contributed by atoms with van der Waals surface area (Å²) in [6, 6.07) is 18.5. The summed E-state index contributed by atoms with van der Waals surface area (Å²) >= 11 is 0. The highest BCUT2D eigenvalue weighted by molar-refractivity contribution is 5.95. The molecule has 0 radical (unpaired) electrons. The average Bonchev–Trinajstić information content (AvgIpc) is 3.29. The number of carbonyl (C=O) groups excluding carboxylic acids is 1. The van der Waals surface area contributed by atoms with Crippen LogP contribution in [-0.4, -0.2) is 37.0 Å². The van der Waals surface area contributed by atoms with E-state index >= 15 is 0 Å². The molecule has 0 bridgehead atoms. The lowest BCUT2D eigenvalue weighted by atomic mass is 10.1. The standard InChI is InChI=1S/C23H19N5O3/c29-22(10-9-16-5-2-1-3-6-16)25-17-7-4-8-18(13-17)28-15-21(26-27-28)20-14-24-12-11-19(20)23(30)31/h1-8,11-15H,9-10H2,(H,25,29)(H,30,31). The summed E-state index contributed by atoms with van der Waals surface area (Å²) in [5, 5.41) is 20.4. The maximum Gasteiger partial charge on any atom is 0.336 e. The quantitative estimate of drug-likeness (QED) is 0.479. The number of pyridine rings is 1. The van der Waals surface area contributed by atoms with Gasteiger partial charge in [-0.15, -0.1) is 5.10 Å². The van der Waals surface area contributed by atoms with Crippen LogP contribution in [0.5, 0.6) is 0 Å². The Balaban J connectivity index is 1.48. The summed E-state index contributed by atoms with van der Waals surface area (Å²) in [6.07, 6.45) is 5.53. The maximum atomic E-state index is 12.3. The number of carboxylic acid groups (broad SMARTS) is 1. The van der Waals surface area contributed by atoms with Crippen LogP contribution in [-0.2, 0) is 11.2 Å².